The first-order valence-corrected chi connectivity index (χ1v) is 11.4. The Balaban J connectivity index is 1.45. The van der Waals surface area contributed by atoms with Crippen LogP contribution in [0.3, 0.4) is 0 Å². The SMILES string of the molecule is CCN1CCC[C@H]1CNC(=O)c1ccc2c(c1)N(Cc1ccc(F)cc1)CCS2. The van der Waals surface area contributed by atoms with E-state index < -0.39 is 0 Å². The molecule has 29 heavy (non-hydrogen) atoms. The van der Waals surface area contributed by atoms with Crippen molar-refractivity contribution in [1.82, 2.24) is 10.2 Å². The van der Waals surface area contributed by atoms with Crippen molar-refractivity contribution < 1.29 is 9.18 Å². The fourth-order valence-corrected chi connectivity index (χ4v) is 5.28. The Labute approximate surface area is 176 Å². The molecule has 0 aromatic heterocycles. The lowest BCUT2D eigenvalue weighted by atomic mass is 10.1. The number of amides is 1. The van der Waals surface area contributed by atoms with Crippen molar-refractivity contribution in [2.45, 2.75) is 37.2 Å². The summed E-state index contributed by atoms with van der Waals surface area (Å²) < 4.78 is 13.2. The molecule has 1 atom stereocenters. The second kappa shape index (κ2) is 9.18. The number of likely N-dealkylation sites (tertiary alicyclic amines) is 1. The Bertz CT molecular complexity index is 858. The van der Waals surface area contributed by atoms with Gasteiger partial charge in [-0.1, -0.05) is 19.1 Å². The Morgan fingerprint density at radius 1 is 1.21 bits per heavy atom. The van der Waals surface area contributed by atoms with E-state index in [4.69, 9.17) is 0 Å². The van der Waals surface area contributed by atoms with E-state index in [9.17, 15) is 9.18 Å². The van der Waals surface area contributed by atoms with Crippen LogP contribution in [0.1, 0.15) is 35.7 Å². The van der Waals surface area contributed by atoms with E-state index in [1.54, 1.807) is 0 Å². The van der Waals surface area contributed by atoms with Gasteiger partial charge in [0.1, 0.15) is 5.82 Å². The summed E-state index contributed by atoms with van der Waals surface area (Å²) in [5.41, 5.74) is 2.87. The van der Waals surface area contributed by atoms with Gasteiger partial charge in [-0.05, 0) is 61.8 Å². The van der Waals surface area contributed by atoms with Crippen LogP contribution in [0.5, 0.6) is 0 Å². The zero-order valence-electron chi connectivity index (χ0n) is 16.9. The molecule has 4 rings (SSSR count). The molecule has 2 aromatic carbocycles. The zero-order chi connectivity index (χ0) is 20.2. The predicted octanol–water partition coefficient (Wildman–Crippen LogP) is 4.15. The molecule has 6 heteroatoms. The van der Waals surface area contributed by atoms with Gasteiger partial charge in [0.25, 0.3) is 5.91 Å². The van der Waals surface area contributed by atoms with Gasteiger partial charge in [-0.2, -0.15) is 0 Å². The zero-order valence-corrected chi connectivity index (χ0v) is 17.7. The third-order valence-electron chi connectivity index (χ3n) is 5.87. The molecule has 154 valence electrons. The summed E-state index contributed by atoms with van der Waals surface area (Å²) in [6.07, 6.45) is 2.36. The standard InChI is InChI=1S/C23H28FN3OS/c1-2-26-11-3-4-20(26)15-25-23(28)18-7-10-22-21(14-18)27(12-13-29-22)16-17-5-8-19(24)9-6-17/h5-10,14,20H,2-4,11-13,15-16H2,1H3,(H,25,28)/t20-/m0/s1. The van der Waals surface area contributed by atoms with Gasteiger partial charge in [0.15, 0.2) is 0 Å². The average molecular weight is 414 g/mol. The van der Waals surface area contributed by atoms with Crippen LogP contribution < -0.4 is 10.2 Å². The Morgan fingerprint density at radius 3 is 2.83 bits per heavy atom. The van der Waals surface area contributed by atoms with Crippen molar-refractivity contribution >= 4 is 23.4 Å². The number of likely N-dealkylation sites (N-methyl/N-ethyl adjacent to an activating group) is 1. The van der Waals surface area contributed by atoms with E-state index in [0.29, 0.717) is 24.7 Å². The molecular weight excluding hydrogens is 385 g/mol. The van der Waals surface area contributed by atoms with Crippen LogP contribution >= 0.6 is 11.8 Å². The van der Waals surface area contributed by atoms with Crippen LogP contribution in [0.2, 0.25) is 0 Å². The molecule has 2 aliphatic rings. The van der Waals surface area contributed by atoms with Crippen LogP contribution in [-0.4, -0.2) is 48.8 Å². The van der Waals surface area contributed by atoms with E-state index in [-0.39, 0.29) is 11.7 Å². The summed E-state index contributed by atoms with van der Waals surface area (Å²) in [7, 11) is 0. The second-order valence-corrected chi connectivity index (χ2v) is 8.85. The van der Waals surface area contributed by atoms with Crippen molar-refractivity contribution in [3.05, 3.63) is 59.4 Å². The number of hydrogen-bond acceptors (Lipinski definition) is 4. The molecule has 0 spiro atoms. The van der Waals surface area contributed by atoms with E-state index in [0.717, 1.165) is 43.1 Å². The number of hydrogen-bond donors (Lipinski definition) is 1. The van der Waals surface area contributed by atoms with E-state index in [1.807, 2.05) is 36.0 Å². The summed E-state index contributed by atoms with van der Waals surface area (Å²) >= 11 is 1.82. The number of carbonyl (C=O) groups is 1. The van der Waals surface area contributed by atoms with Gasteiger partial charge in [-0.25, -0.2) is 4.39 Å². The first-order chi connectivity index (χ1) is 14.1. The number of fused-ring (bicyclic) bond motifs is 1. The molecule has 2 aliphatic heterocycles. The smallest absolute Gasteiger partial charge is 0.251 e. The van der Waals surface area contributed by atoms with Gasteiger partial charge in [0.05, 0.1) is 5.69 Å². The van der Waals surface area contributed by atoms with Crippen LogP contribution in [0.25, 0.3) is 0 Å². The molecule has 1 saturated heterocycles. The number of thioether (sulfide) groups is 1. The second-order valence-electron chi connectivity index (χ2n) is 7.71. The topological polar surface area (TPSA) is 35.6 Å². The normalized spacial score (nSPS) is 19.2. The van der Waals surface area contributed by atoms with Crippen molar-refractivity contribution in [2.24, 2.45) is 0 Å². The maximum Gasteiger partial charge on any atom is 0.251 e. The van der Waals surface area contributed by atoms with E-state index in [2.05, 4.69) is 28.1 Å². The highest BCUT2D eigenvalue weighted by Gasteiger charge is 2.24. The number of halogens is 1. The Kier molecular flexibility index (Phi) is 6.40. The summed E-state index contributed by atoms with van der Waals surface area (Å²) in [6, 6.07) is 13.1. The molecule has 2 heterocycles. The van der Waals surface area contributed by atoms with Gasteiger partial charge in [-0.3, -0.25) is 9.69 Å². The lowest BCUT2D eigenvalue weighted by Crippen LogP contribution is -2.40. The minimum absolute atomic E-state index is 0.00643. The number of benzene rings is 2. The van der Waals surface area contributed by atoms with Crippen LogP contribution in [0, 0.1) is 5.82 Å². The summed E-state index contributed by atoms with van der Waals surface area (Å²) in [4.78, 5) is 18.7. The first kappa shape index (κ1) is 20.2. The fraction of sp³-hybridized carbons (Fsp3) is 0.435. The molecule has 0 aliphatic carbocycles. The highest BCUT2D eigenvalue weighted by molar-refractivity contribution is 7.99. The third-order valence-corrected chi connectivity index (χ3v) is 6.91. The van der Waals surface area contributed by atoms with Crippen molar-refractivity contribution in [3.63, 3.8) is 0 Å². The Hall–Kier alpha value is -2.05. The third kappa shape index (κ3) is 4.75. The average Bonchev–Trinajstić information content (AvgIpc) is 3.21. The molecule has 1 amide bonds. The molecule has 1 fully saturated rings. The number of nitrogens with zero attached hydrogens (tertiary/aromatic N) is 2. The van der Waals surface area contributed by atoms with Crippen molar-refractivity contribution in [3.8, 4) is 0 Å². The van der Waals surface area contributed by atoms with Gasteiger partial charge in [0.2, 0.25) is 0 Å². The largest absolute Gasteiger partial charge is 0.365 e. The number of anilines is 1. The highest BCUT2D eigenvalue weighted by atomic mass is 32.2. The molecular formula is C23H28FN3OS. The molecule has 0 saturated carbocycles. The molecule has 4 nitrogen and oxygen atoms in total. The quantitative estimate of drug-likeness (QED) is 0.772. The fourth-order valence-electron chi connectivity index (χ4n) is 4.24. The highest BCUT2D eigenvalue weighted by Crippen LogP contribution is 2.36. The van der Waals surface area contributed by atoms with Crippen LogP contribution in [0.15, 0.2) is 47.4 Å². The monoisotopic (exact) mass is 413 g/mol. The Morgan fingerprint density at radius 2 is 2.03 bits per heavy atom. The molecule has 0 radical (unpaired) electrons. The molecule has 0 unspecified atom stereocenters. The number of nitrogens with one attached hydrogen (secondary N) is 1. The molecule has 1 N–H and O–H groups in total. The molecule has 0 bridgehead atoms. The number of rotatable bonds is 6. The molecule has 2 aromatic rings. The first-order valence-electron chi connectivity index (χ1n) is 10.4. The summed E-state index contributed by atoms with van der Waals surface area (Å²) in [5.74, 6) is 0.785. The van der Waals surface area contributed by atoms with Gasteiger partial charge >= 0.3 is 0 Å². The maximum atomic E-state index is 13.2. The van der Waals surface area contributed by atoms with Crippen molar-refractivity contribution in [1.29, 1.82) is 0 Å². The van der Waals surface area contributed by atoms with E-state index >= 15 is 0 Å². The summed E-state index contributed by atoms with van der Waals surface area (Å²) in [6.45, 7) is 6.68. The van der Waals surface area contributed by atoms with Gasteiger partial charge in [0, 0.05) is 41.9 Å². The number of carbonyl (C=O) groups excluding carboxylic acids is 1. The lowest BCUT2D eigenvalue weighted by molar-refractivity contribution is 0.0941. The maximum absolute atomic E-state index is 13.2. The van der Waals surface area contributed by atoms with Gasteiger partial charge in [-0.15, -0.1) is 11.8 Å². The summed E-state index contributed by atoms with van der Waals surface area (Å²) in [5, 5.41) is 3.14. The minimum Gasteiger partial charge on any atom is -0.365 e. The minimum atomic E-state index is -0.216. The lowest BCUT2D eigenvalue weighted by Gasteiger charge is -2.31. The van der Waals surface area contributed by atoms with Gasteiger partial charge < -0.3 is 10.2 Å². The van der Waals surface area contributed by atoms with Crippen LogP contribution in [0.4, 0.5) is 10.1 Å². The van der Waals surface area contributed by atoms with Crippen LogP contribution in [-0.2, 0) is 6.54 Å². The van der Waals surface area contributed by atoms with E-state index in [1.165, 1.54) is 23.4 Å². The predicted molar refractivity (Wildman–Crippen MR) is 117 cm³/mol. The van der Waals surface area contributed by atoms with Crippen molar-refractivity contribution in [2.75, 3.05) is 36.8 Å².